The van der Waals surface area contributed by atoms with Gasteiger partial charge in [0.2, 0.25) is 5.43 Å². The molecule has 200 valence electrons. The molecule has 3 aromatic carbocycles. The molecule has 9 heteroatoms. The maximum Gasteiger partial charge on any atom is 0.408 e. The Bertz CT molecular complexity index is 1790. The highest BCUT2D eigenvalue weighted by Gasteiger charge is 2.28. The van der Waals surface area contributed by atoms with Crippen molar-refractivity contribution in [3.05, 3.63) is 82.1 Å². The Hall–Kier alpha value is -4.79. The first kappa shape index (κ1) is 25.8. The molecule has 0 saturated carbocycles. The summed E-state index contributed by atoms with van der Waals surface area (Å²) in [5, 5.41) is 14.5. The minimum atomic E-state index is -1.12. The summed E-state index contributed by atoms with van der Waals surface area (Å²) < 4.78 is 16.9. The van der Waals surface area contributed by atoms with E-state index in [-0.39, 0.29) is 28.9 Å². The number of alkyl carbamates (subject to hydrolysis) is 1. The van der Waals surface area contributed by atoms with Crippen molar-refractivity contribution in [2.45, 2.75) is 45.8 Å². The SMILES string of the molecule is Cc1cccc2c(=O)c3c(O)cc(OC(=O)C(Cc4c[nH]c5ccccc45)NC(=O)OC(C)(C)C)cc3oc12. The van der Waals surface area contributed by atoms with Crippen LogP contribution in [-0.4, -0.2) is 33.8 Å². The molecule has 5 aromatic rings. The van der Waals surface area contributed by atoms with Crippen molar-refractivity contribution in [1.82, 2.24) is 10.3 Å². The molecule has 2 heterocycles. The fourth-order valence-corrected chi connectivity index (χ4v) is 4.51. The Morgan fingerprint density at radius 2 is 1.82 bits per heavy atom. The summed E-state index contributed by atoms with van der Waals surface area (Å²) >= 11 is 0. The predicted molar refractivity (Wildman–Crippen MR) is 147 cm³/mol. The summed E-state index contributed by atoms with van der Waals surface area (Å²) in [6.45, 7) is 6.96. The number of phenolic OH excluding ortho intramolecular Hbond substituents is 1. The summed E-state index contributed by atoms with van der Waals surface area (Å²) in [7, 11) is 0. The molecular formula is C30H28N2O7. The van der Waals surface area contributed by atoms with Crippen LogP contribution in [0, 0.1) is 6.92 Å². The number of benzene rings is 3. The van der Waals surface area contributed by atoms with Gasteiger partial charge < -0.3 is 29.3 Å². The second kappa shape index (κ2) is 9.83. The molecule has 5 rings (SSSR count). The van der Waals surface area contributed by atoms with Crippen molar-refractivity contribution in [2.75, 3.05) is 0 Å². The number of H-pyrrole nitrogens is 1. The van der Waals surface area contributed by atoms with E-state index in [4.69, 9.17) is 13.9 Å². The molecular weight excluding hydrogens is 500 g/mol. The van der Waals surface area contributed by atoms with Crippen LogP contribution in [0.25, 0.3) is 32.8 Å². The number of carbonyl (C=O) groups is 2. The van der Waals surface area contributed by atoms with Gasteiger partial charge in [0.15, 0.2) is 0 Å². The smallest absolute Gasteiger partial charge is 0.408 e. The highest BCUT2D eigenvalue weighted by atomic mass is 16.6. The number of hydrogen-bond acceptors (Lipinski definition) is 7. The van der Waals surface area contributed by atoms with E-state index in [9.17, 15) is 19.5 Å². The summed E-state index contributed by atoms with van der Waals surface area (Å²) in [5.41, 5.74) is 1.69. The van der Waals surface area contributed by atoms with Gasteiger partial charge in [-0.2, -0.15) is 0 Å². The third-order valence-electron chi connectivity index (χ3n) is 6.24. The molecule has 0 fully saturated rings. The molecule has 0 saturated heterocycles. The van der Waals surface area contributed by atoms with Crippen molar-refractivity contribution >= 4 is 44.9 Å². The Balaban J connectivity index is 1.48. The molecule has 1 amide bonds. The second-order valence-electron chi connectivity index (χ2n) is 10.4. The van der Waals surface area contributed by atoms with E-state index < -0.39 is 29.1 Å². The number of ether oxygens (including phenoxy) is 2. The van der Waals surface area contributed by atoms with E-state index in [1.54, 1.807) is 52.1 Å². The maximum atomic E-state index is 13.4. The fraction of sp³-hybridized carbons (Fsp3) is 0.233. The van der Waals surface area contributed by atoms with Crippen LogP contribution >= 0.6 is 0 Å². The molecule has 0 aliphatic heterocycles. The largest absolute Gasteiger partial charge is 0.507 e. The third kappa shape index (κ3) is 5.29. The van der Waals surface area contributed by atoms with Gasteiger partial charge in [-0.1, -0.05) is 30.3 Å². The lowest BCUT2D eigenvalue weighted by atomic mass is 10.0. The number of amides is 1. The number of carbonyl (C=O) groups excluding carboxylic acids is 2. The van der Waals surface area contributed by atoms with Crippen molar-refractivity contribution in [1.29, 1.82) is 0 Å². The first-order valence-electron chi connectivity index (χ1n) is 12.5. The van der Waals surface area contributed by atoms with Crippen LogP contribution < -0.4 is 15.5 Å². The van der Waals surface area contributed by atoms with E-state index in [1.165, 1.54) is 12.1 Å². The lowest BCUT2D eigenvalue weighted by Crippen LogP contribution is -2.46. The highest BCUT2D eigenvalue weighted by Crippen LogP contribution is 2.32. The number of fused-ring (bicyclic) bond motifs is 3. The Morgan fingerprint density at radius 3 is 2.59 bits per heavy atom. The topological polar surface area (TPSA) is 131 Å². The fourth-order valence-electron chi connectivity index (χ4n) is 4.51. The normalized spacial score (nSPS) is 12.5. The first-order valence-corrected chi connectivity index (χ1v) is 12.5. The van der Waals surface area contributed by atoms with E-state index in [2.05, 4.69) is 10.3 Å². The maximum absolute atomic E-state index is 13.4. The summed E-state index contributed by atoms with van der Waals surface area (Å²) in [4.78, 5) is 42.2. The zero-order valence-corrected chi connectivity index (χ0v) is 22.0. The molecule has 1 atom stereocenters. The number of nitrogens with one attached hydrogen (secondary N) is 2. The standard InChI is InChI=1S/C30H28N2O7/c1-16-8-7-10-20-26(34)25-23(33)13-18(14-24(25)38-27(16)20)37-28(35)22(32-29(36)39-30(2,3)4)12-17-15-31-21-11-6-5-9-19(17)21/h5-11,13-15,22,31,33H,12H2,1-4H3,(H,32,36). The van der Waals surface area contributed by atoms with Crippen LogP contribution in [0.4, 0.5) is 4.79 Å². The van der Waals surface area contributed by atoms with Crippen LogP contribution in [0.1, 0.15) is 31.9 Å². The molecule has 2 aromatic heterocycles. The lowest BCUT2D eigenvalue weighted by Gasteiger charge is -2.23. The van der Waals surface area contributed by atoms with Crippen LogP contribution in [0.2, 0.25) is 0 Å². The molecule has 1 unspecified atom stereocenters. The summed E-state index contributed by atoms with van der Waals surface area (Å²) in [6, 6.07) is 14.2. The van der Waals surface area contributed by atoms with Gasteiger partial charge in [0.25, 0.3) is 0 Å². The quantitative estimate of drug-likeness (QED) is 0.156. The van der Waals surface area contributed by atoms with E-state index in [0.29, 0.717) is 11.0 Å². The van der Waals surface area contributed by atoms with Gasteiger partial charge in [-0.15, -0.1) is 0 Å². The number of aryl methyl sites for hydroxylation is 1. The van der Waals surface area contributed by atoms with Crippen LogP contribution in [0.15, 0.2) is 70.0 Å². The average Bonchev–Trinajstić information content (AvgIpc) is 3.26. The van der Waals surface area contributed by atoms with Crippen molar-refractivity contribution in [3.63, 3.8) is 0 Å². The Labute approximate surface area is 223 Å². The molecule has 0 spiro atoms. The lowest BCUT2D eigenvalue weighted by molar-refractivity contribution is -0.136. The van der Waals surface area contributed by atoms with Crippen LogP contribution in [-0.2, 0) is 16.0 Å². The monoisotopic (exact) mass is 528 g/mol. The molecule has 9 nitrogen and oxygen atoms in total. The average molecular weight is 529 g/mol. The molecule has 3 N–H and O–H groups in total. The first-order chi connectivity index (χ1) is 18.5. The van der Waals surface area contributed by atoms with Crippen molar-refractivity contribution in [3.8, 4) is 11.5 Å². The zero-order valence-electron chi connectivity index (χ0n) is 22.0. The van der Waals surface area contributed by atoms with Gasteiger partial charge in [-0.25, -0.2) is 9.59 Å². The van der Waals surface area contributed by atoms with Crippen molar-refractivity contribution in [2.24, 2.45) is 0 Å². The number of aromatic amines is 1. The van der Waals surface area contributed by atoms with Gasteiger partial charge >= 0.3 is 12.1 Å². The Morgan fingerprint density at radius 1 is 1.08 bits per heavy atom. The van der Waals surface area contributed by atoms with Crippen LogP contribution in [0.5, 0.6) is 11.5 Å². The van der Waals surface area contributed by atoms with Crippen LogP contribution in [0.3, 0.4) is 0 Å². The van der Waals surface area contributed by atoms with E-state index >= 15 is 0 Å². The minimum absolute atomic E-state index is 0.0184. The minimum Gasteiger partial charge on any atom is -0.507 e. The third-order valence-corrected chi connectivity index (χ3v) is 6.24. The zero-order chi connectivity index (χ0) is 27.9. The number of para-hydroxylation sites is 2. The van der Waals surface area contributed by atoms with Gasteiger partial charge in [-0.3, -0.25) is 4.79 Å². The number of aromatic nitrogens is 1. The molecule has 0 bridgehead atoms. The summed E-state index contributed by atoms with van der Waals surface area (Å²) in [5.74, 6) is -1.22. The molecule has 0 aliphatic rings. The number of aromatic hydroxyl groups is 1. The highest BCUT2D eigenvalue weighted by molar-refractivity contribution is 5.95. The van der Waals surface area contributed by atoms with Gasteiger partial charge in [-0.05, 0) is 51.0 Å². The number of rotatable bonds is 5. The van der Waals surface area contributed by atoms with E-state index in [1.807, 2.05) is 24.3 Å². The predicted octanol–water partition coefficient (Wildman–Crippen LogP) is 5.48. The molecule has 39 heavy (non-hydrogen) atoms. The number of phenols is 1. The number of hydrogen-bond donors (Lipinski definition) is 3. The molecule has 0 radical (unpaired) electrons. The Kier molecular flexibility index (Phi) is 6.51. The summed E-state index contributed by atoms with van der Waals surface area (Å²) in [6.07, 6.45) is 1.10. The van der Waals surface area contributed by atoms with Crippen molar-refractivity contribution < 1.29 is 28.6 Å². The number of esters is 1. The van der Waals surface area contributed by atoms with Gasteiger partial charge in [0, 0.05) is 35.7 Å². The van der Waals surface area contributed by atoms with Gasteiger partial charge in [0.05, 0.1) is 5.39 Å². The van der Waals surface area contributed by atoms with E-state index in [0.717, 1.165) is 22.0 Å². The second-order valence-corrected chi connectivity index (χ2v) is 10.4. The van der Waals surface area contributed by atoms with Gasteiger partial charge in [0.1, 0.15) is 39.7 Å². The molecule has 0 aliphatic carbocycles.